The first kappa shape index (κ1) is 23.7. The largest absolute Gasteiger partial charge is 0.418 e. The van der Waals surface area contributed by atoms with Gasteiger partial charge in [-0.25, -0.2) is 0 Å². The Morgan fingerprint density at radius 1 is 0.875 bits per heavy atom. The summed E-state index contributed by atoms with van der Waals surface area (Å²) < 4.78 is 39.2. The van der Waals surface area contributed by atoms with Crippen LogP contribution >= 0.6 is 23.4 Å². The molecule has 0 aliphatic heterocycles. The predicted octanol–water partition coefficient (Wildman–Crippen LogP) is 6.27. The van der Waals surface area contributed by atoms with Gasteiger partial charge in [-0.05, 0) is 48.0 Å². The fourth-order valence-electron chi connectivity index (χ4n) is 2.83. The molecule has 0 aromatic heterocycles. The van der Waals surface area contributed by atoms with Crippen LogP contribution < -0.4 is 10.6 Å². The van der Waals surface area contributed by atoms with Crippen molar-refractivity contribution in [2.45, 2.75) is 17.5 Å². The summed E-state index contributed by atoms with van der Waals surface area (Å²) in [4.78, 5) is 25.1. The number of alkyl halides is 3. The second-order valence-electron chi connectivity index (χ2n) is 6.76. The van der Waals surface area contributed by atoms with E-state index in [2.05, 4.69) is 10.6 Å². The lowest BCUT2D eigenvalue weighted by atomic mass is 10.1. The molecule has 0 saturated heterocycles. The van der Waals surface area contributed by atoms with E-state index in [0.29, 0.717) is 15.6 Å². The van der Waals surface area contributed by atoms with Gasteiger partial charge in [-0.15, -0.1) is 11.8 Å². The molecule has 0 radical (unpaired) electrons. The number of carbonyl (C=O) groups excluding carboxylic acids is 2. The van der Waals surface area contributed by atoms with Crippen LogP contribution in [0.25, 0.3) is 0 Å². The first-order chi connectivity index (χ1) is 15.2. The molecule has 0 atom stereocenters. The molecule has 3 rings (SSSR count). The Bertz CT molecular complexity index is 1100. The van der Waals surface area contributed by atoms with Crippen LogP contribution in [0.15, 0.2) is 77.7 Å². The average molecular weight is 479 g/mol. The minimum Gasteiger partial charge on any atom is -0.326 e. The minimum atomic E-state index is -4.56. The van der Waals surface area contributed by atoms with Gasteiger partial charge in [0.2, 0.25) is 11.8 Å². The molecule has 0 spiro atoms. The molecular formula is C23H18ClF3N2O2S. The number of rotatable bonds is 7. The molecule has 0 bridgehead atoms. The molecule has 166 valence electrons. The maximum atomic E-state index is 13.1. The standard InChI is InChI=1S/C23H18ClF3N2O2S/c24-16-10-8-15(9-11-16)12-21(30)28-17-4-3-5-18(13-17)32-14-22(31)29-20-7-2-1-6-19(20)23(25,26)27/h1-11,13H,12,14H2,(H,28,30)(H,29,31). The average Bonchev–Trinajstić information content (AvgIpc) is 2.74. The number of carbonyl (C=O) groups is 2. The van der Waals surface area contributed by atoms with Crippen LogP contribution in [0.3, 0.4) is 0 Å². The summed E-state index contributed by atoms with van der Waals surface area (Å²) in [6.07, 6.45) is -4.38. The Balaban J connectivity index is 1.55. The van der Waals surface area contributed by atoms with E-state index in [1.165, 1.54) is 18.2 Å². The van der Waals surface area contributed by atoms with Gasteiger partial charge in [0.05, 0.1) is 23.4 Å². The van der Waals surface area contributed by atoms with Gasteiger partial charge in [0.1, 0.15) is 0 Å². The molecule has 0 unspecified atom stereocenters. The second-order valence-corrected chi connectivity index (χ2v) is 8.24. The Kier molecular flexibility index (Phi) is 7.82. The van der Waals surface area contributed by atoms with E-state index in [1.807, 2.05) is 0 Å². The van der Waals surface area contributed by atoms with E-state index in [-0.39, 0.29) is 23.8 Å². The van der Waals surface area contributed by atoms with Gasteiger partial charge in [0, 0.05) is 15.6 Å². The molecule has 0 aliphatic carbocycles. The highest BCUT2D eigenvalue weighted by molar-refractivity contribution is 8.00. The van der Waals surface area contributed by atoms with E-state index >= 15 is 0 Å². The Hall–Kier alpha value is -2.97. The van der Waals surface area contributed by atoms with Crippen molar-refractivity contribution in [1.29, 1.82) is 0 Å². The van der Waals surface area contributed by atoms with Crippen LogP contribution in [-0.2, 0) is 22.2 Å². The molecular weight excluding hydrogens is 461 g/mol. The zero-order valence-electron chi connectivity index (χ0n) is 16.6. The van der Waals surface area contributed by atoms with Crippen molar-refractivity contribution in [1.82, 2.24) is 0 Å². The van der Waals surface area contributed by atoms with Crippen LogP contribution in [0, 0.1) is 0 Å². The lowest BCUT2D eigenvalue weighted by Crippen LogP contribution is -2.18. The van der Waals surface area contributed by atoms with Crippen molar-refractivity contribution >= 4 is 46.6 Å². The van der Waals surface area contributed by atoms with Crippen molar-refractivity contribution in [2.24, 2.45) is 0 Å². The van der Waals surface area contributed by atoms with Crippen LogP contribution in [0.4, 0.5) is 24.5 Å². The summed E-state index contributed by atoms with van der Waals surface area (Å²) in [5, 5.41) is 5.68. The third-order valence-corrected chi connectivity index (χ3v) is 5.52. The van der Waals surface area contributed by atoms with Crippen LogP contribution in [0.1, 0.15) is 11.1 Å². The van der Waals surface area contributed by atoms with Crippen molar-refractivity contribution in [3.05, 3.63) is 88.9 Å². The molecule has 0 saturated carbocycles. The van der Waals surface area contributed by atoms with Gasteiger partial charge >= 0.3 is 6.18 Å². The first-order valence-corrected chi connectivity index (χ1v) is 10.8. The molecule has 3 aromatic carbocycles. The number of halogens is 4. The van der Waals surface area contributed by atoms with Crippen LogP contribution in [-0.4, -0.2) is 17.6 Å². The maximum absolute atomic E-state index is 13.1. The summed E-state index contributed by atoms with van der Waals surface area (Å²) in [6, 6.07) is 18.6. The molecule has 2 amide bonds. The van der Waals surface area contributed by atoms with Gasteiger partial charge in [0.15, 0.2) is 0 Å². The van der Waals surface area contributed by atoms with E-state index in [0.717, 1.165) is 23.4 Å². The molecule has 32 heavy (non-hydrogen) atoms. The highest BCUT2D eigenvalue weighted by Crippen LogP contribution is 2.34. The van der Waals surface area contributed by atoms with E-state index in [9.17, 15) is 22.8 Å². The number of nitrogens with one attached hydrogen (secondary N) is 2. The third-order valence-electron chi connectivity index (χ3n) is 4.27. The first-order valence-electron chi connectivity index (χ1n) is 9.44. The normalized spacial score (nSPS) is 11.1. The summed E-state index contributed by atoms with van der Waals surface area (Å²) in [5.74, 6) is -0.867. The topological polar surface area (TPSA) is 58.2 Å². The smallest absolute Gasteiger partial charge is 0.326 e. The highest BCUT2D eigenvalue weighted by Gasteiger charge is 2.33. The van der Waals surface area contributed by atoms with Gasteiger partial charge in [-0.2, -0.15) is 13.2 Å². The zero-order valence-corrected chi connectivity index (χ0v) is 18.2. The predicted molar refractivity (Wildman–Crippen MR) is 121 cm³/mol. The van der Waals surface area contributed by atoms with Gasteiger partial charge < -0.3 is 10.6 Å². The second kappa shape index (κ2) is 10.6. The summed E-state index contributed by atoms with van der Waals surface area (Å²) >= 11 is 6.99. The Morgan fingerprint density at radius 3 is 2.31 bits per heavy atom. The lowest BCUT2D eigenvalue weighted by molar-refractivity contribution is -0.137. The van der Waals surface area contributed by atoms with E-state index in [4.69, 9.17) is 11.6 Å². The number of hydrogen-bond donors (Lipinski definition) is 2. The lowest BCUT2D eigenvalue weighted by Gasteiger charge is -2.13. The number of anilines is 2. The maximum Gasteiger partial charge on any atom is 0.418 e. The van der Waals surface area contributed by atoms with E-state index in [1.54, 1.807) is 48.5 Å². The van der Waals surface area contributed by atoms with Crippen LogP contribution in [0.2, 0.25) is 5.02 Å². The van der Waals surface area contributed by atoms with Crippen LogP contribution in [0.5, 0.6) is 0 Å². The number of para-hydroxylation sites is 1. The molecule has 9 heteroatoms. The van der Waals surface area contributed by atoms with Crippen molar-refractivity contribution in [2.75, 3.05) is 16.4 Å². The van der Waals surface area contributed by atoms with Crippen molar-refractivity contribution in [3.8, 4) is 0 Å². The molecule has 3 aromatic rings. The number of benzene rings is 3. The third kappa shape index (κ3) is 7.03. The Labute approximate surface area is 192 Å². The number of thioether (sulfide) groups is 1. The molecule has 0 heterocycles. The van der Waals surface area contributed by atoms with Gasteiger partial charge in [0.25, 0.3) is 0 Å². The number of amides is 2. The highest BCUT2D eigenvalue weighted by atomic mass is 35.5. The quantitative estimate of drug-likeness (QED) is 0.393. The fraction of sp³-hybridized carbons (Fsp3) is 0.130. The van der Waals surface area contributed by atoms with Crippen molar-refractivity contribution in [3.63, 3.8) is 0 Å². The minimum absolute atomic E-state index is 0.0889. The monoisotopic (exact) mass is 478 g/mol. The fourth-order valence-corrected chi connectivity index (χ4v) is 3.71. The summed E-state index contributed by atoms with van der Waals surface area (Å²) in [7, 11) is 0. The molecule has 0 fully saturated rings. The van der Waals surface area contributed by atoms with E-state index < -0.39 is 17.6 Å². The Morgan fingerprint density at radius 2 is 1.59 bits per heavy atom. The molecule has 4 nitrogen and oxygen atoms in total. The summed E-state index contributed by atoms with van der Waals surface area (Å²) in [5.41, 5.74) is 0.183. The number of hydrogen-bond acceptors (Lipinski definition) is 3. The summed E-state index contributed by atoms with van der Waals surface area (Å²) in [6.45, 7) is 0. The SMILES string of the molecule is O=C(Cc1ccc(Cl)cc1)Nc1cccc(SCC(=O)Nc2ccccc2C(F)(F)F)c1. The molecule has 0 aliphatic rings. The molecule has 2 N–H and O–H groups in total. The zero-order chi connectivity index (χ0) is 23.1. The van der Waals surface area contributed by atoms with Crippen molar-refractivity contribution < 1.29 is 22.8 Å². The van der Waals surface area contributed by atoms with Gasteiger partial charge in [-0.3, -0.25) is 9.59 Å². The van der Waals surface area contributed by atoms with Gasteiger partial charge in [-0.1, -0.05) is 41.9 Å².